The van der Waals surface area contributed by atoms with Gasteiger partial charge in [0.25, 0.3) is 0 Å². The molecular weight excluding hydrogens is 312 g/mol. The highest BCUT2D eigenvalue weighted by atomic mass is 16.5. The molecule has 0 N–H and O–H groups in total. The molecule has 124 valence electrons. The molecule has 0 unspecified atom stereocenters. The standard InChI is InChI=1S/C22H19O3/c1-3-24-21-14-20(16-8-11-17(23-2)12-9-16)25-22-18-7-5-4-6-15(18)10-13-19(21)22/h4-14H,3H2,1-2H3/q+1. The lowest BCUT2D eigenvalue weighted by atomic mass is 10.1. The summed E-state index contributed by atoms with van der Waals surface area (Å²) in [5.41, 5.74) is 1.83. The van der Waals surface area contributed by atoms with Crippen molar-refractivity contribution < 1.29 is 13.9 Å². The van der Waals surface area contributed by atoms with Crippen LogP contribution in [0.25, 0.3) is 33.1 Å². The van der Waals surface area contributed by atoms with E-state index in [1.54, 1.807) is 7.11 Å². The van der Waals surface area contributed by atoms with E-state index in [0.717, 1.165) is 44.6 Å². The van der Waals surface area contributed by atoms with Crippen LogP contribution in [-0.2, 0) is 0 Å². The van der Waals surface area contributed by atoms with Crippen LogP contribution in [0.4, 0.5) is 0 Å². The summed E-state index contributed by atoms with van der Waals surface area (Å²) >= 11 is 0. The smallest absolute Gasteiger partial charge is 0.372 e. The Hall–Kier alpha value is -3.07. The summed E-state index contributed by atoms with van der Waals surface area (Å²) < 4.78 is 17.4. The van der Waals surface area contributed by atoms with Crippen LogP contribution in [0.5, 0.6) is 11.5 Å². The van der Waals surface area contributed by atoms with Crippen molar-refractivity contribution >= 4 is 21.7 Å². The number of ether oxygens (including phenoxy) is 2. The molecule has 1 heterocycles. The van der Waals surface area contributed by atoms with Crippen molar-refractivity contribution in [1.29, 1.82) is 0 Å². The second-order valence-electron chi connectivity index (χ2n) is 5.80. The molecule has 0 aliphatic rings. The second kappa shape index (κ2) is 6.44. The summed E-state index contributed by atoms with van der Waals surface area (Å²) in [5, 5.41) is 3.21. The Morgan fingerprint density at radius 2 is 1.68 bits per heavy atom. The van der Waals surface area contributed by atoms with E-state index in [9.17, 15) is 0 Å². The van der Waals surface area contributed by atoms with Gasteiger partial charge in [-0.1, -0.05) is 24.3 Å². The Morgan fingerprint density at radius 3 is 2.44 bits per heavy atom. The first-order valence-electron chi connectivity index (χ1n) is 8.36. The molecule has 3 heteroatoms. The molecule has 0 saturated heterocycles. The molecule has 0 atom stereocenters. The summed E-state index contributed by atoms with van der Waals surface area (Å²) in [6, 6.07) is 22.2. The van der Waals surface area contributed by atoms with Gasteiger partial charge in [0.05, 0.1) is 30.7 Å². The minimum absolute atomic E-state index is 0.605. The summed E-state index contributed by atoms with van der Waals surface area (Å²) in [7, 11) is 1.66. The molecule has 0 spiro atoms. The third kappa shape index (κ3) is 2.78. The maximum Gasteiger partial charge on any atom is 0.372 e. The van der Waals surface area contributed by atoms with Crippen LogP contribution in [-0.4, -0.2) is 13.7 Å². The molecule has 0 fully saturated rings. The zero-order chi connectivity index (χ0) is 17.2. The van der Waals surface area contributed by atoms with Crippen molar-refractivity contribution in [3.8, 4) is 22.8 Å². The second-order valence-corrected chi connectivity index (χ2v) is 5.80. The van der Waals surface area contributed by atoms with E-state index < -0.39 is 0 Å². The van der Waals surface area contributed by atoms with Gasteiger partial charge in [-0.15, -0.1) is 0 Å². The molecule has 4 aromatic rings. The third-order valence-electron chi connectivity index (χ3n) is 4.29. The Bertz CT molecular complexity index is 1040. The fourth-order valence-electron chi connectivity index (χ4n) is 3.06. The minimum Gasteiger partial charge on any atom is -0.497 e. The van der Waals surface area contributed by atoms with Gasteiger partial charge in [0.2, 0.25) is 0 Å². The van der Waals surface area contributed by atoms with Crippen LogP contribution < -0.4 is 9.47 Å². The molecular formula is C22H19O3+. The number of benzene rings is 3. The van der Waals surface area contributed by atoms with Crippen molar-refractivity contribution in [1.82, 2.24) is 0 Å². The van der Waals surface area contributed by atoms with Crippen molar-refractivity contribution in [2.24, 2.45) is 0 Å². The number of hydrogen-bond donors (Lipinski definition) is 0. The first-order chi connectivity index (χ1) is 12.3. The minimum atomic E-state index is 0.605. The monoisotopic (exact) mass is 331 g/mol. The van der Waals surface area contributed by atoms with Gasteiger partial charge in [0.15, 0.2) is 0 Å². The summed E-state index contributed by atoms with van der Waals surface area (Å²) in [4.78, 5) is 0. The van der Waals surface area contributed by atoms with E-state index in [1.807, 2.05) is 49.4 Å². The molecule has 0 bridgehead atoms. The van der Waals surface area contributed by atoms with Gasteiger partial charge in [0.1, 0.15) is 16.9 Å². The predicted molar refractivity (Wildman–Crippen MR) is 101 cm³/mol. The zero-order valence-corrected chi connectivity index (χ0v) is 14.3. The van der Waals surface area contributed by atoms with Gasteiger partial charge < -0.3 is 9.47 Å². The van der Waals surface area contributed by atoms with E-state index in [1.165, 1.54) is 0 Å². The van der Waals surface area contributed by atoms with Crippen molar-refractivity contribution in [3.05, 3.63) is 66.7 Å². The average molecular weight is 331 g/mol. The predicted octanol–water partition coefficient (Wildman–Crippen LogP) is 5.94. The highest BCUT2D eigenvalue weighted by Crippen LogP contribution is 2.36. The summed E-state index contributed by atoms with van der Waals surface area (Å²) in [6.07, 6.45) is 0. The van der Waals surface area contributed by atoms with Gasteiger partial charge in [-0.2, -0.15) is 0 Å². The molecule has 0 amide bonds. The van der Waals surface area contributed by atoms with Crippen molar-refractivity contribution in [2.45, 2.75) is 6.92 Å². The van der Waals surface area contributed by atoms with Crippen LogP contribution in [0, 0.1) is 0 Å². The van der Waals surface area contributed by atoms with Crippen molar-refractivity contribution in [3.63, 3.8) is 0 Å². The van der Waals surface area contributed by atoms with Gasteiger partial charge in [-0.05, 0) is 48.7 Å². The van der Waals surface area contributed by atoms with E-state index >= 15 is 0 Å². The number of fused-ring (bicyclic) bond motifs is 3. The van der Waals surface area contributed by atoms with Gasteiger partial charge in [0, 0.05) is 0 Å². The molecule has 0 radical (unpaired) electrons. The normalized spacial score (nSPS) is 11.0. The molecule has 4 rings (SSSR count). The van der Waals surface area contributed by atoms with E-state index in [-0.39, 0.29) is 0 Å². The Labute approximate surface area is 146 Å². The Morgan fingerprint density at radius 1 is 0.880 bits per heavy atom. The summed E-state index contributed by atoms with van der Waals surface area (Å²) in [6.45, 7) is 2.60. The molecule has 25 heavy (non-hydrogen) atoms. The zero-order valence-electron chi connectivity index (χ0n) is 14.3. The molecule has 0 saturated carbocycles. The third-order valence-corrected chi connectivity index (χ3v) is 4.29. The Kier molecular flexibility index (Phi) is 3.98. The van der Waals surface area contributed by atoms with E-state index in [4.69, 9.17) is 13.9 Å². The number of rotatable bonds is 4. The molecule has 1 aromatic heterocycles. The number of hydrogen-bond acceptors (Lipinski definition) is 2. The molecule has 0 aliphatic heterocycles. The van der Waals surface area contributed by atoms with Crippen LogP contribution in [0.3, 0.4) is 0 Å². The lowest BCUT2D eigenvalue weighted by molar-refractivity contribution is 0.342. The Balaban J connectivity index is 1.99. The lowest BCUT2D eigenvalue weighted by Crippen LogP contribution is -1.94. The maximum atomic E-state index is 6.30. The van der Waals surface area contributed by atoms with Crippen LogP contribution in [0.1, 0.15) is 6.92 Å². The lowest BCUT2D eigenvalue weighted by Gasteiger charge is -2.05. The average Bonchev–Trinajstić information content (AvgIpc) is 2.68. The topological polar surface area (TPSA) is 29.8 Å². The van der Waals surface area contributed by atoms with Crippen molar-refractivity contribution in [2.75, 3.05) is 13.7 Å². The molecule has 0 aliphatic carbocycles. The van der Waals surface area contributed by atoms with E-state index in [2.05, 4.69) is 24.3 Å². The van der Waals surface area contributed by atoms with Crippen LogP contribution in [0.15, 0.2) is 71.1 Å². The highest BCUT2D eigenvalue weighted by molar-refractivity contribution is 6.06. The fraction of sp³-hybridized carbons (Fsp3) is 0.136. The quantitative estimate of drug-likeness (QED) is 0.342. The SMILES string of the molecule is CCOc1cc(-c2ccc(OC)cc2)[o+]c2c1ccc1ccccc12. The fourth-order valence-corrected chi connectivity index (χ4v) is 3.06. The highest BCUT2D eigenvalue weighted by Gasteiger charge is 2.22. The first-order valence-corrected chi connectivity index (χ1v) is 8.36. The van der Waals surface area contributed by atoms with Gasteiger partial charge in [-0.3, -0.25) is 0 Å². The van der Waals surface area contributed by atoms with E-state index in [0.29, 0.717) is 6.61 Å². The van der Waals surface area contributed by atoms with Crippen LogP contribution >= 0.6 is 0 Å². The molecule has 3 nitrogen and oxygen atoms in total. The summed E-state index contributed by atoms with van der Waals surface area (Å²) in [5.74, 6) is 2.43. The largest absolute Gasteiger partial charge is 0.497 e. The van der Waals surface area contributed by atoms with Gasteiger partial charge in [-0.25, -0.2) is 4.42 Å². The molecule has 3 aromatic carbocycles. The first kappa shape index (κ1) is 15.5. The maximum absolute atomic E-state index is 6.30. The van der Waals surface area contributed by atoms with Crippen LogP contribution in [0.2, 0.25) is 0 Å². The number of methoxy groups -OCH3 is 1. The van der Waals surface area contributed by atoms with Gasteiger partial charge >= 0.3 is 11.3 Å².